The monoisotopic (exact) mass is 326 g/mol. The molecule has 0 aromatic heterocycles. The molecule has 5 heteroatoms. The highest BCUT2D eigenvalue weighted by atomic mass is 16.3. The number of nitrogens with zero attached hydrogens (tertiary/aromatic N) is 1. The maximum atomic E-state index is 12.4. The maximum absolute atomic E-state index is 12.4. The van der Waals surface area contributed by atoms with E-state index in [0.717, 1.165) is 11.1 Å². The number of hydrogen-bond acceptors (Lipinski definition) is 3. The minimum atomic E-state index is -0.678. The summed E-state index contributed by atoms with van der Waals surface area (Å²) in [5.41, 5.74) is 1.80. The molecule has 0 aliphatic heterocycles. The number of aliphatic hydroxyl groups excluding tert-OH is 1. The van der Waals surface area contributed by atoms with E-state index < -0.39 is 17.9 Å². The Hall–Kier alpha value is -2.66. The van der Waals surface area contributed by atoms with E-state index in [4.69, 9.17) is 5.11 Å². The highest BCUT2D eigenvalue weighted by Crippen LogP contribution is 2.21. The average Bonchev–Trinajstić information content (AvgIpc) is 2.64. The number of aliphatic hydroxyl groups is 1. The number of carbonyl (C=O) groups excluding carboxylic acids is 2. The largest absolute Gasteiger partial charge is 0.395 e. The highest BCUT2D eigenvalue weighted by molar-refractivity contribution is 6.35. The highest BCUT2D eigenvalue weighted by Gasteiger charge is 2.24. The van der Waals surface area contributed by atoms with Gasteiger partial charge in [-0.15, -0.1) is 0 Å². The number of nitrogens with one attached hydrogen (secondary N) is 1. The van der Waals surface area contributed by atoms with Gasteiger partial charge in [0.1, 0.15) is 0 Å². The molecule has 0 unspecified atom stereocenters. The van der Waals surface area contributed by atoms with Gasteiger partial charge < -0.3 is 15.3 Å². The number of amides is 2. The van der Waals surface area contributed by atoms with Gasteiger partial charge in [-0.1, -0.05) is 60.7 Å². The Bertz CT molecular complexity index is 619. The second kappa shape index (κ2) is 8.84. The summed E-state index contributed by atoms with van der Waals surface area (Å²) in [7, 11) is 0. The molecule has 0 aliphatic carbocycles. The summed E-state index contributed by atoms with van der Waals surface area (Å²) in [6.07, 6.45) is 0. The molecular formula is C19H22N2O3. The van der Waals surface area contributed by atoms with Crippen LogP contribution in [0.15, 0.2) is 60.7 Å². The first-order valence-electron chi connectivity index (χ1n) is 7.98. The minimum absolute atomic E-state index is 0.143. The summed E-state index contributed by atoms with van der Waals surface area (Å²) >= 11 is 0. The van der Waals surface area contributed by atoms with Crippen LogP contribution in [0.5, 0.6) is 0 Å². The minimum Gasteiger partial charge on any atom is -0.395 e. The first-order chi connectivity index (χ1) is 11.7. The van der Waals surface area contributed by atoms with Gasteiger partial charge >= 0.3 is 11.8 Å². The van der Waals surface area contributed by atoms with Crippen LogP contribution in [0.2, 0.25) is 0 Å². The van der Waals surface area contributed by atoms with Gasteiger partial charge in [0, 0.05) is 13.1 Å². The van der Waals surface area contributed by atoms with Crippen molar-refractivity contribution in [2.75, 3.05) is 19.7 Å². The molecule has 5 nitrogen and oxygen atoms in total. The third-order valence-electron chi connectivity index (χ3n) is 3.77. The van der Waals surface area contributed by atoms with Crippen molar-refractivity contribution in [1.29, 1.82) is 0 Å². The van der Waals surface area contributed by atoms with Crippen molar-refractivity contribution in [2.24, 2.45) is 0 Å². The standard InChI is InChI=1S/C19H22N2O3/c1-2-21(13-14-22)19(24)18(23)20-17(15-9-5-3-6-10-15)16-11-7-4-8-12-16/h3-12,17,22H,2,13-14H2,1H3,(H,20,23). The first kappa shape index (κ1) is 17.7. The van der Waals surface area contributed by atoms with E-state index in [1.54, 1.807) is 6.92 Å². The summed E-state index contributed by atoms with van der Waals surface area (Å²) in [6, 6.07) is 18.6. The van der Waals surface area contributed by atoms with Gasteiger partial charge in [-0.2, -0.15) is 0 Å². The molecule has 2 rings (SSSR count). The lowest BCUT2D eigenvalue weighted by Gasteiger charge is -2.23. The molecule has 0 saturated carbocycles. The summed E-state index contributed by atoms with van der Waals surface area (Å²) in [5, 5.41) is 11.8. The maximum Gasteiger partial charge on any atom is 0.311 e. The van der Waals surface area contributed by atoms with Gasteiger partial charge in [0.15, 0.2) is 0 Å². The zero-order valence-corrected chi connectivity index (χ0v) is 13.7. The van der Waals surface area contributed by atoms with Crippen LogP contribution >= 0.6 is 0 Å². The molecule has 0 heterocycles. The molecule has 0 fully saturated rings. The van der Waals surface area contributed by atoms with Crippen molar-refractivity contribution >= 4 is 11.8 Å². The molecule has 0 atom stereocenters. The van der Waals surface area contributed by atoms with Crippen LogP contribution in [0.4, 0.5) is 0 Å². The van der Waals surface area contributed by atoms with Crippen LogP contribution < -0.4 is 5.32 Å². The molecule has 0 bridgehead atoms. The van der Waals surface area contributed by atoms with Crippen LogP contribution in [-0.2, 0) is 9.59 Å². The average molecular weight is 326 g/mol. The van der Waals surface area contributed by atoms with Crippen molar-refractivity contribution in [3.63, 3.8) is 0 Å². The number of likely N-dealkylation sites (N-methyl/N-ethyl adjacent to an activating group) is 1. The third-order valence-corrected chi connectivity index (χ3v) is 3.77. The van der Waals surface area contributed by atoms with Gasteiger partial charge in [0.2, 0.25) is 0 Å². The van der Waals surface area contributed by atoms with Gasteiger partial charge in [-0.25, -0.2) is 0 Å². The van der Waals surface area contributed by atoms with Crippen LogP contribution in [0.1, 0.15) is 24.1 Å². The van der Waals surface area contributed by atoms with Crippen LogP contribution in [0.25, 0.3) is 0 Å². The molecule has 2 N–H and O–H groups in total. The van der Waals surface area contributed by atoms with Crippen molar-refractivity contribution in [2.45, 2.75) is 13.0 Å². The number of rotatable bonds is 6. The molecular weight excluding hydrogens is 304 g/mol. The van der Waals surface area contributed by atoms with Gasteiger partial charge in [-0.3, -0.25) is 9.59 Å². The molecule has 2 amide bonds. The predicted octanol–water partition coefficient (Wildman–Crippen LogP) is 1.73. The first-order valence-corrected chi connectivity index (χ1v) is 7.98. The topological polar surface area (TPSA) is 69.6 Å². The zero-order chi connectivity index (χ0) is 17.4. The lowest BCUT2D eigenvalue weighted by atomic mass is 9.98. The normalized spacial score (nSPS) is 10.5. The predicted molar refractivity (Wildman–Crippen MR) is 92.2 cm³/mol. The Balaban J connectivity index is 2.23. The van der Waals surface area contributed by atoms with Crippen molar-refractivity contribution in [3.8, 4) is 0 Å². The smallest absolute Gasteiger partial charge is 0.311 e. The fraction of sp³-hybridized carbons (Fsp3) is 0.263. The van der Waals surface area contributed by atoms with E-state index in [-0.39, 0.29) is 13.2 Å². The van der Waals surface area contributed by atoms with Crippen LogP contribution in [-0.4, -0.2) is 41.5 Å². The van der Waals surface area contributed by atoms with Gasteiger partial charge in [0.05, 0.1) is 12.6 Å². The van der Waals surface area contributed by atoms with E-state index in [9.17, 15) is 9.59 Å². The third kappa shape index (κ3) is 4.43. The van der Waals surface area contributed by atoms with E-state index in [2.05, 4.69) is 5.32 Å². The lowest BCUT2D eigenvalue weighted by Crippen LogP contribution is -2.45. The fourth-order valence-corrected chi connectivity index (χ4v) is 2.51. The molecule has 24 heavy (non-hydrogen) atoms. The Morgan fingerprint density at radius 1 is 1.00 bits per heavy atom. The summed E-state index contributed by atoms with van der Waals surface area (Å²) in [6.45, 7) is 2.11. The van der Waals surface area contributed by atoms with Crippen molar-refractivity contribution in [1.82, 2.24) is 10.2 Å². The lowest BCUT2D eigenvalue weighted by molar-refractivity contribution is -0.146. The quantitative estimate of drug-likeness (QED) is 0.794. The van der Waals surface area contributed by atoms with E-state index in [0.29, 0.717) is 6.54 Å². The molecule has 2 aromatic carbocycles. The summed E-state index contributed by atoms with van der Waals surface area (Å²) in [5.74, 6) is -1.31. The molecule has 2 aromatic rings. The Labute approximate surface area is 141 Å². The van der Waals surface area contributed by atoms with Crippen molar-refractivity contribution < 1.29 is 14.7 Å². The molecule has 0 aliphatic rings. The summed E-state index contributed by atoms with van der Waals surface area (Å²) in [4.78, 5) is 26.0. The number of hydrogen-bond donors (Lipinski definition) is 2. The number of benzene rings is 2. The summed E-state index contributed by atoms with van der Waals surface area (Å²) < 4.78 is 0. The van der Waals surface area contributed by atoms with Gasteiger partial charge in [-0.05, 0) is 18.1 Å². The van der Waals surface area contributed by atoms with E-state index in [1.165, 1.54) is 4.90 Å². The SMILES string of the molecule is CCN(CCO)C(=O)C(=O)NC(c1ccccc1)c1ccccc1. The molecule has 126 valence electrons. The van der Waals surface area contributed by atoms with Crippen molar-refractivity contribution in [3.05, 3.63) is 71.8 Å². The van der Waals surface area contributed by atoms with Crippen LogP contribution in [0.3, 0.4) is 0 Å². The zero-order valence-electron chi connectivity index (χ0n) is 13.7. The molecule has 0 spiro atoms. The Morgan fingerprint density at radius 3 is 1.92 bits per heavy atom. The number of carbonyl (C=O) groups is 2. The second-order valence-corrected chi connectivity index (χ2v) is 5.34. The fourth-order valence-electron chi connectivity index (χ4n) is 2.51. The van der Waals surface area contributed by atoms with Crippen LogP contribution in [0, 0.1) is 0 Å². The molecule has 0 saturated heterocycles. The van der Waals surface area contributed by atoms with Gasteiger partial charge in [0.25, 0.3) is 0 Å². The Kier molecular flexibility index (Phi) is 6.51. The Morgan fingerprint density at radius 2 is 1.50 bits per heavy atom. The molecule has 0 radical (unpaired) electrons. The second-order valence-electron chi connectivity index (χ2n) is 5.34. The van der Waals surface area contributed by atoms with E-state index in [1.807, 2.05) is 60.7 Å². The van der Waals surface area contributed by atoms with E-state index >= 15 is 0 Å².